The minimum absolute atomic E-state index is 0.241. The molecule has 22 heavy (non-hydrogen) atoms. The predicted molar refractivity (Wildman–Crippen MR) is 80.5 cm³/mol. The number of fused-ring (bicyclic) bond motifs is 1. The molecule has 0 spiro atoms. The lowest BCUT2D eigenvalue weighted by atomic mass is 10.2. The van der Waals surface area contributed by atoms with Gasteiger partial charge in [-0.3, -0.25) is 14.4 Å². The van der Waals surface area contributed by atoms with E-state index in [9.17, 15) is 14.4 Å². The molecule has 0 atom stereocenters. The van der Waals surface area contributed by atoms with E-state index in [4.69, 9.17) is 5.11 Å². The zero-order valence-corrected chi connectivity index (χ0v) is 12.1. The van der Waals surface area contributed by atoms with Gasteiger partial charge in [-0.05, 0) is 19.1 Å². The third-order valence-corrected chi connectivity index (χ3v) is 3.24. The summed E-state index contributed by atoms with van der Waals surface area (Å²) in [4.78, 5) is 38.6. The van der Waals surface area contributed by atoms with Gasteiger partial charge in [0.15, 0.2) is 0 Å². The molecule has 116 valence electrons. The standard InChI is InChI=1S/C15H17N3O4/c1-2-18(9-14(20)21)13(19)8-16-15(22)12-7-10-5-3-4-6-11(10)17-12/h3-7,17H,2,8-9H2,1H3,(H,16,22)(H,20,21). The van der Waals surface area contributed by atoms with Crippen molar-refractivity contribution >= 4 is 28.7 Å². The van der Waals surface area contributed by atoms with Gasteiger partial charge in [0.2, 0.25) is 5.91 Å². The summed E-state index contributed by atoms with van der Waals surface area (Å²) in [6.07, 6.45) is 0. The smallest absolute Gasteiger partial charge is 0.323 e. The van der Waals surface area contributed by atoms with E-state index in [2.05, 4.69) is 10.3 Å². The van der Waals surface area contributed by atoms with E-state index in [1.54, 1.807) is 13.0 Å². The molecule has 0 fully saturated rings. The Morgan fingerprint density at radius 3 is 2.64 bits per heavy atom. The van der Waals surface area contributed by atoms with Gasteiger partial charge in [-0.25, -0.2) is 0 Å². The molecular weight excluding hydrogens is 286 g/mol. The van der Waals surface area contributed by atoms with E-state index in [0.717, 1.165) is 15.8 Å². The number of carboxylic acid groups (broad SMARTS) is 1. The third kappa shape index (κ3) is 3.63. The van der Waals surface area contributed by atoms with Crippen molar-refractivity contribution in [3.8, 4) is 0 Å². The molecule has 0 aliphatic carbocycles. The van der Waals surface area contributed by atoms with Gasteiger partial charge < -0.3 is 20.3 Å². The van der Waals surface area contributed by atoms with Gasteiger partial charge in [0, 0.05) is 17.4 Å². The normalized spacial score (nSPS) is 10.4. The second-order valence-electron chi connectivity index (χ2n) is 4.75. The number of hydrogen-bond acceptors (Lipinski definition) is 3. The predicted octanol–water partition coefficient (Wildman–Crippen LogP) is 0.831. The van der Waals surface area contributed by atoms with Crippen LogP contribution in [-0.4, -0.2) is 52.4 Å². The molecule has 0 unspecified atom stereocenters. The SMILES string of the molecule is CCN(CC(=O)O)C(=O)CNC(=O)c1cc2ccccc2[nH]1. The number of carbonyl (C=O) groups excluding carboxylic acids is 2. The summed E-state index contributed by atoms with van der Waals surface area (Å²) in [5, 5.41) is 12.1. The minimum atomic E-state index is -1.09. The average molecular weight is 303 g/mol. The number of amides is 2. The van der Waals surface area contributed by atoms with Crippen LogP contribution < -0.4 is 5.32 Å². The second kappa shape index (κ2) is 6.75. The van der Waals surface area contributed by atoms with Gasteiger partial charge in [-0.1, -0.05) is 18.2 Å². The summed E-state index contributed by atoms with van der Waals surface area (Å²) >= 11 is 0. The monoisotopic (exact) mass is 303 g/mol. The third-order valence-electron chi connectivity index (χ3n) is 3.24. The number of carboxylic acids is 1. The Balaban J connectivity index is 1.97. The zero-order chi connectivity index (χ0) is 16.1. The number of hydrogen-bond donors (Lipinski definition) is 3. The van der Waals surface area contributed by atoms with Crippen LogP contribution in [-0.2, 0) is 9.59 Å². The van der Waals surface area contributed by atoms with Crippen molar-refractivity contribution in [2.75, 3.05) is 19.6 Å². The van der Waals surface area contributed by atoms with Crippen LogP contribution >= 0.6 is 0 Å². The van der Waals surface area contributed by atoms with Crippen molar-refractivity contribution in [2.24, 2.45) is 0 Å². The van der Waals surface area contributed by atoms with Gasteiger partial charge in [0.25, 0.3) is 5.91 Å². The Morgan fingerprint density at radius 1 is 1.27 bits per heavy atom. The lowest BCUT2D eigenvalue weighted by Crippen LogP contribution is -2.42. The molecule has 2 amide bonds. The lowest BCUT2D eigenvalue weighted by molar-refractivity contribution is -0.143. The molecule has 1 heterocycles. The molecule has 0 bridgehead atoms. The summed E-state index contributed by atoms with van der Waals surface area (Å²) in [6, 6.07) is 9.15. The zero-order valence-electron chi connectivity index (χ0n) is 12.1. The highest BCUT2D eigenvalue weighted by Crippen LogP contribution is 2.14. The number of benzene rings is 1. The molecule has 1 aromatic heterocycles. The van der Waals surface area contributed by atoms with Crippen LogP contribution in [0.2, 0.25) is 0 Å². The number of H-pyrrole nitrogens is 1. The molecule has 0 aliphatic rings. The number of aromatic nitrogens is 1. The maximum absolute atomic E-state index is 12.0. The Kier molecular flexibility index (Phi) is 4.77. The van der Waals surface area contributed by atoms with Crippen molar-refractivity contribution in [1.29, 1.82) is 0 Å². The highest BCUT2D eigenvalue weighted by Gasteiger charge is 2.16. The summed E-state index contributed by atoms with van der Waals surface area (Å²) in [5.74, 6) is -1.93. The van der Waals surface area contributed by atoms with Crippen LogP contribution in [0.5, 0.6) is 0 Å². The molecule has 0 saturated heterocycles. The van der Waals surface area contributed by atoms with E-state index in [1.165, 1.54) is 0 Å². The van der Waals surface area contributed by atoms with Gasteiger partial charge in [0.05, 0.1) is 6.54 Å². The summed E-state index contributed by atoms with van der Waals surface area (Å²) in [7, 11) is 0. The molecule has 0 radical (unpaired) electrons. The van der Waals surface area contributed by atoms with Gasteiger partial charge in [0.1, 0.15) is 12.2 Å². The highest BCUT2D eigenvalue weighted by molar-refractivity contribution is 5.99. The number of para-hydroxylation sites is 1. The van der Waals surface area contributed by atoms with Gasteiger partial charge in [-0.2, -0.15) is 0 Å². The van der Waals surface area contributed by atoms with Crippen LogP contribution in [0.25, 0.3) is 10.9 Å². The van der Waals surface area contributed by atoms with Crippen LogP contribution in [0.15, 0.2) is 30.3 Å². The molecule has 2 rings (SSSR count). The first-order valence-corrected chi connectivity index (χ1v) is 6.86. The number of aliphatic carboxylic acids is 1. The maximum atomic E-state index is 12.0. The van der Waals surface area contributed by atoms with E-state index < -0.39 is 17.8 Å². The molecule has 7 heteroatoms. The van der Waals surface area contributed by atoms with Crippen LogP contribution in [0, 0.1) is 0 Å². The van der Waals surface area contributed by atoms with Crippen molar-refractivity contribution < 1.29 is 19.5 Å². The quantitative estimate of drug-likeness (QED) is 0.735. The van der Waals surface area contributed by atoms with Crippen molar-refractivity contribution in [1.82, 2.24) is 15.2 Å². The second-order valence-corrected chi connectivity index (χ2v) is 4.75. The van der Waals surface area contributed by atoms with Crippen LogP contribution in [0.4, 0.5) is 0 Å². The fraction of sp³-hybridized carbons (Fsp3) is 0.267. The summed E-state index contributed by atoms with van der Waals surface area (Å²) in [5.41, 5.74) is 1.19. The Morgan fingerprint density at radius 2 is 2.00 bits per heavy atom. The summed E-state index contributed by atoms with van der Waals surface area (Å²) < 4.78 is 0. The molecule has 0 aliphatic heterocycles. The van der Waals surface area contributed by atoms with Crippen LogP contribution in [0.1, 0.15) is 17.4 Å². The largest absolute Gasteiger partial charge is 0.480 e. The molecule has 1 aromatic carbocycles. The highest BCUT2D eigenvalue weighted by atomic mass is 16.4. The van der Waals surface area contributed by atoms with Crippen molar-refractivity contribution in [3.63, 3.8) is 0 Å². The number of nitrogens with one attached hydrogen (secondary N) is 2. The molecule has 3 N–H and O–H groups in total. The summed E-state index contributed by atoms with van der Waals surface area (Å²) in [6.45, 7) is 1.33. The fourth-order valence-corrected chi connectivity index (χ4v) is 2.10. The fourth-order valence-electron chi connectivity index (χ4n) is 2.10. The number of rotatable bonds is 6. The van der Waals surface area contributed by atoms with Gasteiger partial charge in [-0.15, -0.1) is 0 Å². The topological polar surface area (TPSA) is 102 Å². The van der Waals surface area contributed by atoms with Crippen LogP contribution in [0.3, 0.4) is 0 Å². The van der Waals surface area contributed by atoms with Gasteiger partial charge >= 0.3 is 5.97 Å². The number of aromatic amines is 1. The average Bonchev–Trinajstić information content (AvgIpc) is 2.93. The number of likely N-dealkylation sites (N-methyl/N-ethyl adjacent to an activating group) is 1. The Hall–Kier alpha value is -2.83. The first kappa shape index (κ1) is 15.6. The van der Waals surface area contributed by atoms with E-state index in [1.807, 2.05) is 24.3 Å². The van der Waals surface area contributed by atoms with Crippen molar-refractivity contribution in [3.05, 3.63) is 36.0 Å². The minimum Gasteiger partial charge on any atom is -0.480 e. The van der Waals surface area contributed by atoms with E-state index in [-0.39, 0.29) is 19.6 Å². The number of carbonyl (C=O) groups is 3. The first-order valence-electron chi connectivity index (χ1n) is 6.86. The molecule has 0 saturated carbocycles. The molecular formula is C15H17N3O4. The molecule has 2 aromatic rings. The Labute approximate surface area is 126 Å². The number of nitrogens with zero attached hydrogens (tertiary/aromatic N) is 1. The maximum Gasteiger partial charge on any atom is 0.323 e. The molecule has 7 nitrogen and oxygen atoms in total. The first-order chi connectivity index (χ1) is 10.5. The Bertz CT molecular complexity index is 675. The lowest BCUT2D eigenvalue weighted by Gasteiger charge is -2.18. The van der Waals surface area contributed by atoms with E-state index >= 15 is 0 Å². The van der Waals surface area contributed by atoms with E-state index in [0.29, 0.717) is 5.69 Å². The van der Waals surface area contributed by atoms with Crippen molar-refractivity contribution in [2.45, 2.75) is 6.92 Å².